The van der Waals surface area contributed by atoms with Crippen LogP contribution in [-0.2, 0) is 32.1 Å². The highest BCUT2D eigenvalue weighted by Crippen LogP contribution is 2.50. The van der Waals surface area contributed by atoms with Crippen LogP contribution in [0.15, 0.2) is 34.5 Å². The van der Waals surface area contributed by atoms with Gasteiger partial charge in [-0.3, -0.25) is 0 Å². The zero-order valence-electron chi connectivity index (χ0n) is 15.1. The molecule has 0 N–H and O–H groups in total. The van der Waals surface area contributed by atoms with Crippen LogP contribution in [-0.4, -0.2) is 49.3 Å². The second-order valence-electron chi connectivity index (χ2n) is 6.88. The first-order valence-corrected chi connectivity index (χ1v) is 12.6. The van der Waals surface area contributed by atoms with Crippen LogP contribution >= 0.6 is 11.3 Å². The molecule has 0 unspecified atom stereocenters. The fraction of sp³-hybridized carbons (Fsp3) is 0.471. The molecule has 0 bridgehead atoms. The summed E-state index contributed by atoms with van der Waals surface area (Å²) in [4.78, 5) is 4.69. The molecule has 0 aliphatic carbocycles. The minimum absolute atomic E-state index is 0.00274. The van der Waals surface area contributed by atoms with E-state index in [9.17, 15) is 16.8 Å². The molecule has 1 fully saturated rings. The summed E-state index contributed by atoms with van der Waals surface area (Å²) in [6.45, 7) is 4.08. The minimum atomic E-state index is -3.73. The third kappa shape index (κ3) is 2.85. The number of nitrogens with zero attached hydrogens (tertiary/aromatic N) is 3. The van der Waals surface area contributed by atoms with Gasteiger partial charge in [-0.2, -0.15) is 8.61 Å². The summed E-state index contributed by atoms with van der Waals surface area (Å²) in [5, 5.41) is 2.73. The Bertz CT molecular complexity index is 1090. The van der Waals surface area contributed by atoms with Crippen LogP contribution in [0.5, 0.6) is 0 Å². The van der Waals surface area contributed by atoms with Crippen LogP contribution in [0, 0.1) is 6.92 Å². The van der Waals surface area contributed by atoms with E-state index in [0.29, 0.717) is 24.2 Å². The Morgan fingerprint density at radius 3 is 2.70 bits per heavy atom. The van der Waals surface area contributed by atoms with Crippen molar-refractivity contribution >= 4 is 31.4 Å². The van der Waals surface area contributed by atoms with Gasteiger partial charge in [0.1, 0.15) is 0 Å². The summed E-state index contributed by atoms with van der Waals surface area (Å²) in [5.74, 6) is 0.00274. The van der Waals surface area contributed by atoms with Crippen molar-refractivity contribution in [1.82, 2.24) is 13.6 Å². The Balaban J connectivity index is 1.84. The molecule has 1 aromatic carbocycles. The number of sulfonamides is 2. The predicted molar refractivity (Wildman–Crippen MR) is 103 cm³/mol. The van der Waals surface area contributed by atoms with Gasteiger partial charge in [-0.15, -0.1) is 11.3 Å². The monoisotopic (exact) mass is 427 g/mol. The fourth-order valence-electron chi connectivity index (χ4n) is 4.03. The topological polar surface area (TPSA) is 87.7 Å². The highest BCUT2D eigenvalue weighted by Gasteiger charge is 2.58. The largest absolute Gasteiger partial charge is 0.245 e. The number of thiazole rings is 1. The van der Waals surface area contributed by atoms with Crippen LogP contribution in [0.4, 0.5) is 0 Å². The number of hydrogen-bond donors (Lipinski definition) is 0. The van der Waals surface area contributed by atoms with Gasteiger partial charge in [0.25, 0.3) is 0 Å². The van der Waals surface area contributed by atoms with Crippen LogP contribution in [0.25, 0.3) is 0 Å². The van der Waals surface area contributed by atoms with E-state index >= 15 is 0 Å². The smallest absolute Gasteiger partial charge is 0.244 e. The average Bonchev–Trinajstić information content (AvgIpc) is 3.30. The molecule has 146 valence electrons. The first kappa shape index (κ1) is 19.0. The molecule has 3 heterocycles. The van der Waals surface area contributed by atoms with Crippen LogP contribution in [0.1, 0.15) is 29.6 Å². The van der Waals surface area contributed by atoms with Gasteiger partial charge in [-0.05, 0) is 31.9 Å². The number of benzene rings is 1. The molecule has 4 rings (SSSR count). The molecule has 10 heteroatoms. The number of hydrogen-bond acceptors (Lipinski definition) is 6. The molecule has 0 amide bonds. The Morgan fingerprint density at radius 1 is 1.30 bits per heavy atom. The molecule has 27 heavy (non-hydrogen) atoms. The first-order valence-electron chi connectivity index (χ1n) is 8.72. The molecule has 1 spiro atoms. The Labute approximate surface area is 163 Å². The lowest BCUT2D eigenvalue weighted by Gasteiger charge is -2.33. The molecule has 1 atom stereocenters. The van der Waals surface area contributed by atoms with Gasteiger partial charge in [-0.25, -0.2) is 21.8 Å². The van der Waals surface area contributed by atoms with Gasteiger partial charge < -0.3 is 0 Å². The molecule has 0 radical (unpaired) electrons. The summed E-state index contributed by atoms with van der Waals surface area (Å²) in [6, 6.07) is 6.93. The first-order chi connectivity index (χ1) is 12.7. The summed E-state index contributed by atoms with van der Waals surface area (Å²) < 4.78 is 54.4. The van der Waals surface area contributed by atoms with E-state index in [2.05, 4.69) is 4.98 Å². The number of aryl methyl sites for hydroxylation is 1. The van der Waals surface area contributed by atoms with Crippen molar-refractivity contribution in [3.8, 4) is 0 Å². The highest BCUT2D eigenvalue weighted by molar-refractivity contribution is 7.89. The second kappa shape index (κ2) is 6.35. The third-order valence-electron chi connectivity index (χ3n) is 5.38. The Morgan fingerprint density at radius 2 is 2.04 bits per heavy atom. The predicted octanol–water partition coefficient (Wildman–Crippen LogP) is 1.91. The molecule has 0 saturated carbocycles. The SMILES string of the molecule is CCS(=O)(=O)N1CC[C@@]2(C1)c1ccccc1S(=O)(=O)N2Cc1csc(C)n1. The second-order valence-corrected chi connectivity index (χ2v) is 12.0. The Hall–Kier alpha value is -1.33. The van der Waals surface area contributed by atoms with Crippen molar-refractivity contribution in [3.05, 3.63) is 45.9 Å². The van der Waals surface area contributed by atoms with Gasteiger partial charge in [-0.1, -0.05) is 18.2 Å². The van der Waals surface area contributed by atoms with Crippen molar-refractivity contribution < 1.29 is 16.8 Å². The molecular weight excluding hydrogens is 406 g/mol. The molecular formula is C17H21N3O4S3. The molecule has 7 nitrogen and oxygen atoms in total. The van der Waals surface area contributed by atoms with Crippen LogP contribution in [0.3, 0.4) is 0 Å². The molecule has 2 aliphatic heterocycles. The van der Waals surface area contributed by atoms with Crippen molar-refractivity contribution in [3.63, 3.8) is 0 Å². The lowest BCUT2D eigenvalue weighted by atomic mass is 9.89. The summed E-state index contributed by atoms with van der Waals surface area (Å²) in [6.07, 6.45) is 0.436. The molecule has 2 aliphatic rings. The summed E-state index contributed by atoms with van der Waals surface area (Å²) >= 11 is 1.47. The van der Waals surface area contributed by atoms with Crippen molar-refractivity contribution in [2.75, 3.05) is 18.8 Å². The molecule has 2 aromatic rings. The zero-order valence-corrected chi connectivity index (χ0v) is 17.6. The number of aromatic nitrogens is 1. The van der Waals surface area contributed by atoms with E-state index in [0.717, 1.165) is 5.01 Å². The average molecular weight is 428 g/mol. The summed E-state index contributed by atoms with van der Waals surface area (Å²) in [5.41, 5.74) is 0.491. The highest BCUT2D eigenvalue weighted by atomic mass is 32.2. The fourth-order valence-corrected chi connectivity index (χ4v) is 7.81. The van der Waals surface area contributed by atoms with Gasteiger partial charge >= 0.3 is 0 Å². The van der Waals surface area contributed by atoms with Gasteiger partial charge in [0, 0.05) is 18.5 Å². The lowest BCUT2D eigenvalue weighted by Crippen LogP contribution is -2.46. The van der Waals surface area contributed by atoms with E-state index in [1.807, 2.05) is 18.4 Å². The van der Waals surface area contributed by atoms with E-state index in [-0.39, 0.29) is 23.7 Å². The van der Waals surface area contributed by atoms with E-state index < -0.39 is 25.6 Å². The van der Waals surface area contributed by atoms with Gasteiger partial charge in [0.15, 0.2) is 0 Å². The zero-order chi connectivity index (χ0) is 19.4. The van der Waals surface area contributed by atoms with E-state index in [4.69, 9.17) is 0 Å². The number of fused-ring (bicyclic) bond motifs is 2. The maximum absolute atomic E-state index is 13.3. The maximum Gasteiger partial charge on any atom is 0.244 e. The van der Waals surface area contributed by atoms with E-state index in [1.165, 1.54) is 19.9 Å². The van der Waals surface area contributed by atoms with E-state index in [1.54, 1.807) is 25.1 Å². The van der Waals surface area contributed by atoms with Gasteiger partial charge in [0.2, 0.25) is 20.0 Å². The standard InChI is InChI=1S/C17H21N3O4S3/c1-3-26(21,22)19-9-8-17(12-19)15-6-4-5-7-16(15)27(23,24)20(17)10-14-11-25-13(2)18-14/h4-7,11H,3,8-10,12H2,1-2H3/t17-/m1/s1. The number of rotatable bonds is 4. The Kier molecular flexibility index (Phi) is 4.47. The normalized spacial score (nSPS) is 25.3. The van der Waals surface area contributed by atoms with Gasteiger partial charge in [0.05, 0.1) is 33.4 Å². The quantitative estimate of drug-likeness (QED) is 0.744. The van der Waals surface area contributed by atoms with Crippen molar-refractivity contribution in [2.24, 2.45) is 0 Å². The van der Waals surface area contributed by atoms with Crippen molar-refractivity contribution in [1.29, 1.82) is 0 Å². The summed E-state index contributed by atoms with van der Waals surface area (Å²) in [7, 11) is -7.12. The molecule has 1 saturated heterocycles. The minimum Gasteiger partial charge on any atom is -0.245 e. The van der Waals surface area contributed by atoms with Crippen LogP contribution in [0.2, 0.25) is 0 Å². The van der Waals surface area contributed by atoms with Crippen LogP contribution < -0.4 is 0 Å². The third-order valence-corrected chi connectivity index (χ3v) is 10.00. The maximum atomic E-state index is 13.3. The molecule has 1 aromatic heterocycles. The lowest BCUT2D eigenvalue weighted by molar-refractivity contribution is 0.202. The van der Waals surface area contributed by atoms with Crippen molar-refractivity contribution in [2.45, 2.75) is 37.2 Å².